The van der Waals surface area contributed by atoms with Crippen LogP contribution in [0.1, 0.15) is 42.5 Å². The maximum absolute atomic E-state index is 12.4. The zero-order valence-electron chi connectivity index (χ0n) is 23.1. The minimum Gasteiger partial charge on any atom is -0.686 e. The number of benzene rings is 1. The molecule has 3 N–H and O–H groups in total. The first-order valence-electron chi connectivity index (χ1n) is 12.5. The van der Waals surface area contributed by atoms with E-state index in [-0.39, 0.29) is 63.0 Å². The molecule has 0 aliphatic carbocycles. The minimum atomic E-state index is -0.341. The zero-order valence-corrected chi connectivity index (χ0v) is 26.3. The monoisotopic (exact) mass is 532 g/mol. The van der Waals surface area contributed by atoms with Gasteiger partial charge in [-0.3, -0.25) is 14.3 Å². The van der Waals surface area contributed by atoms with Gasteiger partial charge in [-0.05, 0) is 37.6 Å². The van der Waals surface area contributed by atoms with Crippen LogP contribution < -0.4 is 73.0 Å². The number of amides is 1. The number of fused-ring (bicyclic) bond motifs is 1. The van der Waals surface area contributed by atoms with Gasteiger partial charge in [-0.2, -0.15) is 4.98 Å². The number of nitrogen functional groups attached to an aromatic ring is 1. The van der Waals surface area contributed by atoms with Gasteiger partial charge < -0.3 is 21.3 Å². The van der Waals surface area contributed by atoms with Crippen LogP contribution in [0.2, 0.25) is 0 Å². The number of hydrogen-bond acceptors (Lipinski definition) is 7. The van der Waals surface area contributed by atoms with E-state index in [2.05, 4.69) is 30.4 Å². The van der Waals surface area contributed by atoms with Crippen LogP contribution in [-0.2, 0) is 13.1 Å². The molecule has 1 saturated heterocycles. The number of nitrogens with two attached hydrogens (primary N) is 1. The predicted octanol–water partition coefficient (Wildman–Crippen LogP) is 0.0490. The molecular weight excluding hydrogens is 495 g/mol. The van der Waals surface area contributed by atoms with Gasteiger partial charge in [0.2, 0.25) is 0 Å². The van der Waals surface area contributed by atoms with Crippen LogP contribution in [0.3, 0.4) is 0 Å². The van der Waals surface area contributed by atoms with Gasteiger partial charge >= 0.3 is 57.1 Å². The van der Waals surface area contributed by atoms with Crippen molar-refractivity contribution in [2.24, 2.45) is 0 Å². The number of pyridine rings is 1. The van der Waals surface area contributed by atoms with E-state index in [1.165, 1.54) is 4.57 Å². The largest absolute Gasteiger partial charge is 1.00 e. The standard InChI is InChI=1S/C24H32N8O2.C2H6.K/c1-5-32-22(25)21-18(26-3)12-16(13-19(21)29-24(32)34)14-30-8-10-31(11-9-30)20-7-6-17(23(33)27-4)28-15(20)2;1-2;/h6-7,12-13H,5,8-11,14H2,1-4H3,(H4,25,26,27,29,33,34);1-2H3;/q;;+1/p-1. The quantitative estimate of drug-likeness (QED) is 0.430. The Kier molecular flexibility index (Phi) is 12.0. The summed E-state index contributed by atoms with van der Waals surface area (Å²) in [5.74, 6) is 0.225. The molecule has 0 spiro atoms. The molecule has 10 nitrogen and oxygen atoms in total. The number of piperazine rings is 1. The third-order valence-electron chi connectivity index (χ3n) is 6.34. The molecule has 11 heteroatoms. The summed E-state index contributed by atoms with van der Waals surface area (Å²) < 4.78 is 1.47. The molecule has 1 aliphatic heterocycles. The topological polar surface area (TPSA) is 123 Å². The molecule has 1 fully saturated rings. The van der Waals surface area contributed by atoms with Crippen molar-refractivity contribution in [3.8, 4) is 0 Å². The summed E-state index contributed by atoms with van der Waals surface area (Å²) >= 11 is 0. The Hall–Kier alpha value is -2.02. The minimum absolute atomic E-state index is 0. The Labute approximate surface area is 261 Å². The summed E-state index contributed by atoms with van der Waals surface area (Å²) in [5, 5.41) is 7.74. The van der Waals surface area contributed by atoms with Gasteiger partial charge in [-0.15, -0.1) is 12.7 Å². The van der Waals surface area contributed by atoms with E-state index in [1.807, 2.05) is 45.9 Å². The molecule has 1 aromatic carbocycles. The van der Waals surface area contributed by atoms with Gasteiger partial charge in [0.1, 0.15) is 11.5 Å². The molecule has 0 unspecified atom stereocenters. The molecule has 4 rings (SSSR count). The second-order valence-electron chi connectivity index (χ2n) is 8.40. The molecule has 3 aromatic rings. The van der Waals surface area contributed by atoms with Gasteiger partial charge in [0.05, 0.1) is 16.9 Å². The molecule has 0 radical (unpaired) electrons. The first kappa shape index (κ1) is 31.2. The smallest absolute Gasteiger partial charge is 0.686 e. The van der Waals surface area contributed by atoms with Crippen molar-refractivity contribution in [1.82, 2.24) is 24.8 Å². The Morgan fingerprint density at radius 2 is 1.81 bits per heavy atom. The number of nitrogens with one attached hydrogen (secondary N) is 1. The molecule has 2 aromatic heterocycles. The van der Waals surface area contributed by atoms with Gasteiger partial charge in [-0.25, -0.2) is 9.78 Å². The summed E-state index contributed by atoms with van der Waals surface area (Å²) in [6, 6.07) is 7.71. The van der Waals surface area contributed by atoms with Gasteiger partial charge in [-0.1, -0.05) is 19.9 Å². The summed E-state index contributed by atoms with van der Waals surface area (Å²) in [5.41, 5.74) is 10.6. The molecule has 0 bridgehead atoms. The Bertz CT molecular complexity index is 1290. The van der Waals surface area contributed by atoms with Crippen molar-refractivity contribution in [3.05, 3.63) is 57.0 Å². The molecule has 1 amide bonds. The Morgan fingerprint density at radius 3 is 2.38 bits per heavy atom. The SMILES string of the molecule is CC.CCn1c(N)c2c([N-]C)cc(CN3CCN(c4ccc(C(=O)NC)nc4C)CC3)cc2nc1=O.[K+]. The van der Waals surface area contributed by atoms with E-state index in [4.69, 9.17) is 5.73 Å². The second kappa shape index (κ2) is 14.2. The van der Waals surface area contributed by atoms with Gasteiger partial charge in [0.15, 0.2) is 0 Å². The molecule has 1 aliphatic rings. The first-order chi connectivity index (χ1) is 17.4. The third-order valence-corrected chi connectivity index (χ3v) is 6.34. The van der Waals surface area contributed by atoms with E-state index in [9.17, 15) is 9.59 Å². The van der Waals surface area contributed by atoms with E-state index >= 15 is 0 Å². The molecule has 194 valence electrons. The van der Waals surface area contributed by atoms with Crippen molar-refractivity contribution in [2.45, 2.75) is 40.8 Å². The number of rotatable bonds is 6. The molecule has 0 atom stereocenters. The van der Waals surface area contributed by atoms with Crippen LogP contribution in [0.25, 0.3) is 16.2 Å². The molecule has 37 heavy (non-hydrogen) atoms. The average Bonchev–Trinajstić information content (AvgIpc) is 2.89. The fourth-order valence-electron chi connectivity index (χ4n) is 4.54. The van der Waals surface area contributed by atoms with Crippen molar-refractivity contribution < 1.29 is 56.2 Å². The van der Waals surface area contributed by atoms with E-state index in [1.54, 1.807) is 20.2 Å². The van der Waals surface area contributed by atoms with E-state index in [0.717, 1.165) is 60.7 Å². The predicted molar refractivity (Wildman–Crippen MR) is 146 cm³/mol. The van der Waals surface area contributed by atoms with Crippen molar-refractivity contribution >= 4 is 34.0 Å². The van der Waals surface area contributed by atoms with Gasteiger partial charge in [0.25, 0.3) is 5.91 Å². The summed E-state index contributed by atoms with van der Waals surface area (Å²) in [4.78, 5) is 37.6. The maximum atomic E-state index is 12.4. The number of carbonyl (C=O) groups is 1. The van der Waals surface area contributed by atoms with Crippen molar-refractivity contribution in [2.75, 3.05) is 50.9 Å². The number of hydrogen-bond donors (Lipinski definition) is 2. The van der Waals surface area contributed by atoms with Crippen LogP contribution in [0.15, 0.2) is 29.1 Å². The average molecular weight is 533 g/mol. The van der Waals surface area contributed by atoms with Gasteiger partial charge in [0, 0.05) is 51.7 Å². The summed E-state index contributed by atoms with van der Waals surface area (Å²) in [6.07, 6.45) is 0. The first-order valence-corrected chi connectivity index (χ1v) is 12.5. The Morgan fingerprint density at radius 1 is 1.14 bits per heavy atom. The number of carbonyl (C=O) groups excluding carboxylic acids is 1. The van der Waals surface area contributed by atoms with Crippen LogP contribution in [0, 0.1) is 6.92 Å². The van der Waals surface area contributed by atoms with Crippen LogP contribution in [-0.4, -0.2) is 65.6 Å². The fraction of sp³-hybridized carbons (Fsp3) is 0.462. The summed E-state index contributed by atoms with van der Waals surface area (Å²) in [7, 11) is 3.33. The van der Waals surface area contributed by atoms with Crippen molar-refractivity contribution in [1.29, 1.82) is 0 Å². The fourth-order valence-corrected chi connectivity index (χ4v) is 4.54. The van der Waals surface area contributed by atoms with Crippen molar-refractivity contribution in [3.63, 3.8) is 0 Å². The van der Waals surface area contributed by atoms with Crippen LogP contribution >= 0.6 is 0 Å². The second-order valence-corrected chi connectivity index (χ2v) is 8.40. The normalized spacial score (nSPS) is 13.4. The third kappa shape index (κ3) is 6.90. The maximum Gasteiger partial charge on any atom is 1.00 e. The number of nitrogens with zero attached hydrogens (tertiary/aromatic N) is 6. The molecular formula is C26H37KN8O2. The molecule has 0 saturated carbocycles. The number of aromatic nitrogens is 3. The van der Waals surface area contributed by atoms with E-state index in [0.29, 0.717) is 23.6 Å². The summed E-state index contributed by atoms with van der Waals surface area (Å²) in [6.45, 7) is 12.5. The van der Waals surface area contributed by atoms with E-state index < -0.39 is 0 Å². The Balaban J connectivity index is 0.00000157. The zero-order chi connectivity index (χ0) is 26.4. The molecule has 3 heterocycles. The van der Waals surface area contributed by atoms with Crippen LogP contribution in [0.4, 0.5) is 17.2 Å². The number of aryl methyl sites for hydroxylation is 1. The number of anilines is 2. The van der Waals surface area contributed by atoms with Crippen LogP contribution in [0.5, 0.6) is 0 Å².